The molecule has 0 radical (unpaired) electrons. The van der Waals surface area contributed by atoms with E-state index in [2.05, 4.69) is 32.5 Å². The molecule has 0 spiro atoms. The second-order valence-corrected chi connectivity index (χ2v) is 5.95. The van der Waals surface area contributed by atoms with Crippen LogP contribution in [-0.2, 0) is 11.2 Å². The molecule has 0 aliphatic rings. The van der Waals surface area contributed by atoms with Gasteiger partial charge in [-0.05, 0) is 30.7 Å². The Balaban J connectivity index is 1.33. The highest BCUT2D eigenvalue weighted by atomic mass is 16.5. The smallest absolute Gasteiger partial charge is 0.238 e. The summed E-state index contributed by atoms with van der Waals surface area (Å²) < 4.78 is 10.3. The number of carbonyl (C=O) groups is 1. The van der Waals surface area contributed by atoms with Gasteiger partial charge in [0.2, 0.25) is 17.6 Å². The number of hydrogen-bond acceptors (Lipinski definition) is 6. The van der Waals surface area contributed by atoms with E-state index in [4.69, 9.17) is 8.94 Å². The van der Waals surface area contributed by atoms with Gasteiger partial charge >= 0.3 is 0 Å². The van der Waals surface area contributed by atoms with Crippen LogP contribution in [0.1, 0.15) is 18.7 Å². The van der Waals surface area contributed by atoms with Gasteiger partial charge in [0.15, 0.2) is 5.76 Å². The minimum absolute atomic E-state index is 0.0230. The van der Waals surface area contributed by atoms with E-state index < -0.39 is 0 Å². The molecule has 1 amide bonds. The number of hydrogen-bond donors (Lipinski definition) is 1. The molecule has 2 aromatic heterocycles. The highest BCUT2D eigenvalue weighted by molar-refractivity contribution is 5.76. The third-order valence-corrected chi connectivity index (χ3v) is 3.97. The molecule has 0 atom stereocenters. The molecule has 0 bridgehead atoms. The highest BCUT2D eigenvalue weighted by Crippen LogP contribution is 2.16. The van der Waals surface area contributed by atoms with Crippen LogP contribution >= 0.6 is 0 Å². The quantitative estimate of drug-likeness (QED) is 0.595. The molecule has 7 heteroatoms. The first-order valence-corrected chi connectivity index (χ1v) is 8.62. The van der Waals surface area contributed by atoms with Crippen LogP contribution in [0.15, 0.2) is 57.7 Å². The van der Waals surface area contributed by atoms with Crippen LogP contribution in [0.2, 0.25) is 0 Å². The summed E-state index contributed by atoms with van der Waals surface area (Å²) in [6, 6.07) is 13.7. The van der Waals surface area contributed by atoms with Crippen molar-refractivity contribution in [2.45, 2.75) is 19.3 Å². The summed E-state index contributed by atoms with van der Waals surface area (Å²) in [6.07, 6.45) is 3.14. The van der Waals surface area contributed by atoms with Crippen molar-refractivity contribution in [3.05, 3.63) is 54.6 Å². The number of furan rings is 1. The van der Waals surface area contributed by atoms with Crippen molar-refractivity contribution in [2.24, 2.45) is 0 Å². The summed E-state index contributed by atoms with van der Waals surface area (Å²) in [6.45, 7) is 1.51. The predicted molar refractivity (Wildman–Crippen MR) is 97.7 cm³/mol. The molecule has 0 aliphatic carbocycles. The number of carbonyl (C=O) groups excluding carboxylic acids is 1. The zero-order valence-corrected chi connectivity index (χ0v) is 14.7. The van der Waals surface area contributed by atoms with Gasteiger partial charge in [0.25, 0.3) is 0 Å². The Morgan fingerprint density at radius 2 is 2.04 bits per heavy atom. The number of anilines is 1. The molecule has 26 heavy (non-hydrogen) atoms. The first kappa shape index (κ1) is 17.7. The zero-order chi connectivity index (χ0) is 18.2. The number of rotatable bonds is 9. The second-order valence-electron chi connectivity index (χ2n) is 5.95. The van der Waals surface area contributed by atoms with Crippen LogP contribution in [0.5, 0.6) is 0 Å². The van der Waals surface area contributed by atoms with Gasteiger partial charge in [-0.1, -0.05) is 23.4 Å². The number of aromatic nitrogens is 2. The van der Waals surface area contributed by atoms with E-state index in [-0.39, 0.29) is 5.91 Å². The highest BCUT2D eigenvalue weighted by Gasteiger charge is 2.12. The number of nitrogens with one attached hydrogen (secondary N) is 1. The molecule has 7 nitrogen and oxygen atoms in total. The predicted octanol–water partition coefficient (Wildman–Crippen LogP) is 2.90. The summed E-state index contributed by atoms with van der Waals surface area (Å²) in [5.41, 5.74) is 1.17. The lowest BCUT2D eigenvalue weighted by Crippen LogP contribution is -2.28. The van der Waals surface area contributed by atoms with Crippen LogP contribution in [0.4, 0.5) is 5.69 Å². The number of nitrogens with zero attached hydrogens (tertiary/aromatic N) is 3. The van der Waals surface area contributed by atoms with Crippen LogP contribution in [0, 0.1) is 0 Å². The van der Waals surface area contributed by atoms with E-state index in [9.17, 15) is 4.79 Å². The van der Waals surface area contributed by atoms with Crippen molar-refractivity contribution in [3.8, 4) is 11.6 Å². The van der Waals surface area contributed by atoms with Crippen LogP contribution in [0.25, 0.3) is 11.6 Å². The molecule has 0 saturated carbocycles. The SMILES string of the molecule is CN(CCCNC(=O)CCc1nc(-c2ccco2)no1)c1ccccc1. The van der Waals surface area contributed by atoms with E-state index in [1.54, 1.807) is 18.4 Å². The summed E-state index contributed by atoms with van der Waals surface area (Å²) in [4.78, 5) is 18.3. The molecule has 0 saturated heterocycles. The van der Waals surface area contributed by atoms with E-state index in [1.165, 1.54) is 5.69 Å². The minimum atomic E-state index is -0.0230. The number of benzene rings is 1. The number of aryl methyl sites for hydroxylation is 1. The molecule has 136 valence electrons. The van der Waals surface area contributed by atoms with E-state index in [0.717, 1.165) is 13.0 Å². The van der Waals surface area contributed by atoms with Crippen LogP contribution in [0.3, 0.4) is 0 Å². The fourth-order valence-corrected chi connectivity index (χ4v) is 2.53. The summed E-state index contributed by atoms with van der Waals surface area (Å²) in [5, 5.41) is 6.76. The Morgan fingerprint density at radius 3 is 2.81 bits per heavy atom. The van der Waals surface area contributed by atoms with Crippen molar-refractivity contribution < 1.29 is 13.7 Å². The largest absolute Gasteiger partial charge is 0.461 e. The lowest BCUT2D eigenvalue weighted by Gasteiger charge is -2.19. The normalized spacial score (nSPS) is 10.7. The van der Waals surface area contributed by atoms with Gasteiger partial charge in [-0.2, -0.15) is 4.98 Å². The summed E-state index contributed by atoms with van der Waals surface area (Å²) >= 11 is 0. The Morgan fingerprint density at radius 1 is 1.19 bits per heavy atom. The first-order valence-electron chi connectivity index (χ1n) is 8.62. The third-order valence-electron chi connectivity index (χ3n) is 3.97. The Labute approximate surface area is 152 Å². The van der Waals surface area contributed by atoms with Gasteiger partial charge in [-0.15, -0.1) is 0 Å². The van der Waals surface area contributed by atoms with E-state index >= 15 is 0 Å². The lowest BCUT2D eigenvalue weighted by atomic mass is 10.2. The molecule has 1 aromatic carbocycles. The van der Waals surface area contributed by atoms with Gasteiger partial charge in [-0.25, -0.2) is 0 Å². The summed E-state index contributed by atoms with van der Waals surface area (Å²) in [5.74, 6) is 1.35. The molecule has 3 rings (SSSR count). The van der Waals surface area contributed by atoms with Crippen molar-refractivity contribution in [2.75, 3.05) is 25.0 Å². The minimum Gasteiger partial charge on any atom is -0.461 e. The molecule has 0 unspecified atom stereocenters. The Bertz CT molecular complexity index is 799. The van der Waals surface area contributed by atoms with Gasteiger partial charge < -0.3 is 19.2 Å². The van der Waals surface area contributed by atoms with Gasteiger partial charge in [-0.3, -0.25) is 4.79 Å². The average molecular weight is 354 g/mol. The molecule has 3 aromatic rings. The standard InChI is InChI=1S/C19H22N4O3/c1-23(15-7-3-2-4-8-15)13-6-12-20-17(24)10-11-18-21-19(22-26-18)16-9-5-14-25-16/h2-5,7-9,14H,6,10-13H2,1H3,(H,20,24). The van der Waals surface area contributed by atoms with Crippen LogP contribution in [-0.4, -0.2) is 36.2 Å². The summed E-state index contributed by atoms with van der Waals surface area (Å²) in [7, 11) is 2.04. The van der Waals surface area contributed by atoms with Gasteiger partial charge in [0, 0.05) is 38.7 Å². The third kappa shape index (κ3) is 4.95. The van der Waals surface area contributed by atoms with Crippen molar-refractivity contribution in [1.82, 2.24) is 15.5 Å². The fraction of sp³-hybridized carbons (Fsp3) is 0.316. The second kappa shape index (κ2) is 8.84. The molecule has 1 N–H and O–H groups in total. The first-order chi connectivity index (χ1) is 12.7. The molecular weight excluding hydrogens is 332 g/mol. The molecule has 0 fully saturated rings. The van der Waals surface area contributed by atoms with E-state index in [0.29, 0.717) is 36.9 Å². The lowest BCUT2D eigenvalue weighted by molar-refractivity contribution is -0.121. The Kier molecular flexibility index (Phi) is 6.03. The number of amides is 1. The van der Waals surface area contributed by atoms with Crippen LogP contribution < -0.4 is 10.2 Å². The fourth-order valence-electron chi connectivity index (χ4n) is 2.53. The monoisotopic (exact) mass is 354 g/mol. The average Bonchev–Trinajstić information content (AvgIpc) is 3.35. The molecule has 0 aliphatic heterocycles. The molecular formula is C19H22N4O3. The molecule has 2 heterocycles. The topological polar surface area (TPSA) is 84.4 Å². The Hall–Kier alpha value is -3.09. The van der Waals surface area contributed by atoms with Crippen molar-refractivity contribution in [1.29, 1.82) is 0 Å². The number of para-hydroxylation sites is 1. The van der Waals surface area contributed by atoms with Gasteiger partial charge in [0.1, 0.15) is 0 Å². The van der Waals surface area contributed by atoms with Gasteiger partial charge in [0.05, 0.1) is 6.26 Å². The maximum atomic E-state index is 11.9. The van der Waals surface area contributed by atoms with E-state index in [1.807, 2.05) is 25.2 Å². The van der Waals surface area contributed by atoms with Crippen molar-refractivity contribution in [3.63, 3.8) is 0 Å². The zero-order valence-electron chi connectivity index (χ0n) is 14.7. The maximum Gasteiger partial charge on any atom is 0.238 e. The maximum absolute atomic E-state index is 11.9. The van der Waals surface area contributed by atoms with Crippen molar-refractivity contribution >= 4 is 11.6 Å².